The number of morpholine rings is 1. The molecule has 0 unspecified atom stereocenters. The van der Waals surface area contributed by atoms with E-state index in [9.17, 15) is 4.79 Å². The van der Waals surface area contributed by atoms with Crippen LogP contribution in [0.3, 0.4) is 0 Å². The average Bonchev–Trinajstić information content (AvgIpc) is 3.25. The van der Waals surface area contributed by atoms with Gasteiger partial charge in [0, 0.05) is 66.5 Å². The summed E-state index contributed by atoms with van der Waals surface area (Å²) in [7, 11) is 2.19. The van der Waals surface area contributed by atoms with Gasteiger partial charge in [-0.2, -0.15) is 0 Å². The lowest BCUT2D eigenvalue weighted by molar-refractivity contribution is -0.112. The Labute approximate surface area is 247 Å². The number of hydrogen-bond donors (Lipinski definition) is 1. The van der Waals surface area contributed by atoms with Gasteiger partial charge in [0.25, 0.3) is 5.91 Å². The van der Waals surface area contributed by atoms with E-state index in [-0.39, 0.29) is 5.91 Å². The second kappa shape index (κ2) is 13.3. The molecule has 2 saturated heterocycles. The van der Waals surface area contributed by atoms with Crippen molar-refractivity contribution in [2.45, 2.75) is 36.7 Å². The Morgan fingerprint density at radius 2 is 1.63 bits per heavy atom. The Morgan fingerprint density at radius 1 is 0.927 bits per heavy atom. The minimum atomic E-state index is -0.0224. The van der Waals surface area contributed by atoms with Crippen LogP contribution < -0.4 is 10.2 Å². The first-order valence-electron chi connectivity index (χ1n) is 14.7. The molecule has 0 spiro atoms. The molecule has 0 saturated carbocycles. The Hall–Kier alpha value is -3.10. The third-order valence-electron chi connectivity index (χ3n) is 8.29. The number of benzene rings is 3. The zero-order chi connectivity index (χ0) is 28.0. The molecular weight excluding hydrogens is 530 g/mol. The first kappa shape index (κ1) is 28.0. The van der Waals surface area contributed by atoms with Crippen molar-refractivity contribution in [2.24, 2.45) is 0 Å². The van der Waals surface area contributed by atoms with Crippen molar-refractivity contribution in [3.8, 4) is 11.1 Å². The van der Waals surface area contributed by atoms with E-state index in [1.165, 1.54) is 21.7 Å². The number of carbonyl (C=O) groups is 1. The van der Waals surface area contributed by atoms with Crippen LogP contribution in [0.5, 0.6) is 0 Å². The number of thioether (sulfide) groups is 1. The fourth-order valence-corrected chi connectivity index (χ4v) is 6.81. The molecule has 3 aliphatic heterocycles. The lowest BCUT2D eigenvalue weighted by Crippen LogP contribution is -2.36. The van der Waals surface area contributed by atoms with Crippen molar-refractivity contribution in [1.82, 2.24) is 4.90 Å². The highest BCUT2D eigenvalue weighted by molar-refractivity contribution is 7.99. The largest absolute Gasteiger partial charge is 0.381 e. The second-order valence-corrected chi connectivity index (χ2v) is 12.2. The van der Waals surface area contributed by atoms with Gasteiger partial charge in [0.2, 0.25) is 0 Å². The van der Waals surface area contributed by atoms with Crippen LogP contribution in [-0.2, 0) is 20.8 Å². The molecular formula is C34H39N3O3S. The van der Waals surface area contributed by atoms with Crippen LogP contribution >= 0.6 is 11.8 Å². The normalized spacial score (nSPS) is 18.0. The summed E-state index contributed by atoms with van der Waals surface area (Å²) in [4.78, 5) is 19.3. The van der Waals surface area contributed by atoms with Crippen molar-refractivity contribution in [2.75, 3.05) is 62.5 Å². The Balaban J connectivity index is 1.12. The highest BCUT2D eigenvalue weighted by Gasteiger charge is 2.19. The van der Waals surface area contributed by atoms with Crippen LogP contribution in [0.25, 0.3) is 17.2 Å². The van der Waals surface area contributed by atoms with Gasteiger partial charge < -0.3 is 19.7 Å². The van der Waals surface area contributed by atoms with Crippen LogP contribution in [0.15, 0.2) is 77.2 Å². The molecule has 3 aromatic rings. The van der Waals surface area contributed by atoms with Gasteiger partial charge in [-0.3, -0.25) is 9.69 Å². The molecule has 2 fully saturated rings. The maximum absolute atomic E-state index is 13.3. The Kier molecular flexibility index (Phi) is 9.06. The SMILES string of the molecule is CN(Cc1ccc(NC(=O)C2=Cc3cc(-c4ccc(N5CCOCC5)cc4)ccc3SCC2)cc1)C1CCOCC1. The molecule has 3 aliphatic rings. The summed E-state index contributed by atoms with van der Waals surface area (Å²) < 4.78 is 11.0. The monoisotopic (exact) mass is 569 g/mol. The molecule has 0 aliphatic carbocycles. The van der Waals surface area contributed by atoms with Gasteiger partial charge in [-0.05, 0) is 91.0 Å². The first-order chi connectivity index (χ1) is 20.1. The lowest BCUT2D eigenvalue weighted by atomic mass is 10.0. The van der Waals surface area contributed by atoms with E-state index in [1.54, 1.807) is 0 Å². The van der Waals surface area contributed by atoms with Gasteiger partial charge >= 0.3 is 0 Å². The molecule has 3 heterocycles. The third-order valence-corrected chi connectivity index (χ3v) is 9.39. The predicted molar refractivity (Wildman–Crippen MR) is 169 cm³/mol. The quantitative estimate of drug-likeness (QED) is 0.360. The van der Waals surface area contributed by atoms with Crippen molar-refractivity contribution in [1.29, 1.82) is 0 Å². The molecule has 6 rings (SSSR count). The van der Waals surface area contributed by atoms with Crippen molar-refractivity contribution in [3.63, 3.8) is 0 Å². The van der Waals surface area contributed by atoms with E-state index < -0.39 is 0 Å². The van der Waals surface area contributed by atoms with E-state index in [1.807, 2.05) is 23.9 Å². The number of ether oxygens (including phenoxy) is 2. The summed E-state index contributed by atoms with van der Waals surface area (Å²) in [6.07, 6.45) is 4.99. The fraction of sp³-hybridized carbons (Fsp3) is 0.382. The molecule has 3 aromatic carbocycles. The van der Waals surface area contributed by atoms with Crippen LogP contribution in [-0.4, -0.2) is 69.2 Å². The lowest BCUT2D eigenvalue weighted by Gasteiger charge is -2.31. The molecule has 0 bridgehead atoms. The van der Waals surface area contributed by atoms with E-state index in [0.717, 1.165) is 93.5 Å². The predicted octanol–water partition coefficient (Wildman–Crippen LogP) is 6.32. The summed E-state index contributed by atoms with van der Waals surface area (Å²) in [5.41, 5.74) is 7.60. The summed E-state index contributed by atoms with van der Waals surface area (Å²) in [5.74, 6) is 0.864. The summed E-state index contributed by atoms with van der Waals surface area (Å²) >= 11 is 1.82. The smallest absolute Gasteiger partial charge is 0.251 e. The number of carbonyl (C=O) groups excluding carboxylic acids is 1. The average molecular weight is 570 g/mol. The number of fused-ring (bicyclic) bond motifs is 1. The topological polar surface area (TPSA) is 54.0 Å². The maximum atomic E-state index is 13.3. The molecule has 0 radical (unpaired) electrons. The van der Waals surface area contributed by atoms with E-state index in [4.69, 9.17) is 9.47 Å². The highest BCUT2D eigenvalue weighted by atomic mass is 32.2. The van der Waals surface area contributed by atoms with Gasteiger partial charge in [-0.25, -0.2) is 0 Å². The molecule has 214 valence electrons. The van der Waals surface area contributed by atoms with Crippen molar-refractivity contribution in [3.05, 3.63) is 83.4 Å². The molecule has 1 amide bonds. The van der Waals surface area contributed by atoms with Gasteiger partial charge in [-0.1, -0.05) is 30.3 Å². The van der Waals surface area contributed by atoms with Crippen molar-refractivity contribution >= 4 is 35.1 Å². The molecule has 6 nitrogen and oxygen atoms in total. The van der Waals surface area contributed by atoms with E-state index >= 15 is 0 Å². The van der Waals surface area contributed by atoms with Gasteiger partial charge in [0.05, 0.1) is 13.2 Å². The molecule has 7 heteroatoms. The molecule has 1 N–H and O–H groups in total. The summed E-state index contributed by atoms with van der Waals surface area (Å²) in [6.45, 7) is 6.03. The highest BCUT2D eigenvalue weighted by Crippen LogP contribution is 2.34. The minimum Gasteiger partial charge on any atom is -0.381 e. The van der Waals surface area contributed by atoms with Crippen LogP contribution in [0.4, 0.5) is 11.4 Å². The summed E-state index contributed by atoms with van der Waals surface area (Å²) in [6, 6.07) is 24.2. The number of hydrogen-bond acceptors (Lipinski definition) is 6. The Morgan fingerprint density at radius 3 is 2.39 bits per heavy atom. The van der Waals surface area contributed by atoms with Crippen LogP contribution in [0, 0.1) is 0 Å². The van der Waals surface area contributed by atoms with Crippen LogP contribution in [0.1, 0.15) is 30.4 Å². The number of amides is 1. The Bertz CT molecular complexity index is 1360. The van der Waals surface area contributed by atoms with Crippen LogP contribution in [0.2, 0.25) is 0 Å². The number of nitrogens with zero attached hydrogens (tertiary/aromatic N) is 2. The minimum absolute atomic E-state index is 0.0224. The molecule has 0 aromatic heterocycles. The maximum Gasteiger partial charge on any atom is 0.251 e. The van der Waals surface area contributed by atoms with Gasteiger partial charge in [0.1, 0.15) is 0 Å². The zero-order valence-electron chi connectivity index (χ0n) is 23.8. The van der Waals surface area contributed by atoms with Crippen molar-refractivity contribution < 1.29 is 14.3 Å². The summed E-state index contributed by atoms with van der Waals surface area (Å²) in [5, 5.41) is 3.14. The molecule has 0 atom stereocenters. The zero-order valence-corrected chi connectivity index (χ0v) is 24.6. The number of rotatable bonds is 7. The van der Waals surface area contributed by atoms with E-state index in [2.05, 4.69) is 82.8 Å². The number of anilines is 2. The third kappa shape index (κ3) is 7.04. The second-order valence-electron chi connectivity index (χ2n) is 11.1. The molecule has 41 heavy (non-hydrogen) atoms. The van der Waals surface area contributed by atoms with Gasteiger partial charge in [-0.15, -0.1) is 11.8 Å². The fourth-order valence-electron chi connectivity index (χ4n) is 5.82. The number of nitrogens with one attached hydrogen (secondary N) is 1. The first-order valence-corrected chi connectivity index (χ1v) is 15.7. The van der Waals surface area contributed by atoms with Gasteiger partial charge in [0.15, 0.2) is 0 Å². The van der Waals surface area contributed by atoms with E-state index in [0.29, 0.717) is 6.04 Å². The standard InChI is InChI=1S/C34H39N3O3S/c1-36(31-12-17-39-18-13-31)24-25-2-7-30(8-3-25)35-34(38)28-14-21-41-33-11-6-27(22-29(33)23-28)26-4-9-32(10-5-26)37-15-19-40-20-16-37/h2-11,22-23,31H,12-21,24H2,1H3,(H,35,38).